The second kappa shape index (κ2) is 6.25. The van der Waals surface area contributed by atoms with Gasteiger partial charge in [-0.3, -0.25) is 4.79 Å². The van der Waals surface area contributed by atoms with Crippen LogP contribution in [0.5, 0.6) is 0 Å². The van der Waals surface area contributed by atoms with Crippen molar-refractivity contribution in [3.05, 3.63) is 29.8 Å². The summed E-state index contributed by atoms with van der Waals surface area (Å²) in [6, 6.07) is 7.06. The maximum Gasteiger partial charge on any atom is 0.320 e. The summed E-state index contributed by atoms with van der Waals surface area (Å²) in [5, 5.41) is 8.78. The van der Waals surface area contributed by atoms with E-state index in [0.29, 0.717) is 6.42 Å². The lowest BCUT2D eigenvalue weighted by atomic mass is 10.1. The Morgan fingerprint density at radius 2 is 2.06 bits per heavy atom. The molecule has 0 aromatic heterocycles. The van der Waals surface area contributed by atoms with Crippen molar-refractivity contribution in [3.8, 4) is 0 Å². The molecule has 0 bridgehead atoms. The van der Waals surface area contributed by atoms with Crippen molar-refractivity contribution in [2.75, 3.05) is 18.0 Å². The maximum absolute atomic E-state index is 10.7. The minimum absolute atomic E-state index is 0.366. The zero-order valence-corrected chi connectivity index (χ0v) is 10.4. The Morgan fingerprint density at radius 3 is 2.59 bits per heavy atom. The summed E-state index contributed by atoms with van der Waals surface area (Å²) < 4.78 is 0. The third kappa shape index (κ3) is 3.75. The summed E-state index contributed by atoms with van der Waals surface area (Å²) in [4.78, 5) is 12.9. The van der Waals surface area contributed by atoms with Gasteiger partial charge in [0, 0.05) is 18.8 Å². The standard InChI is InChI=1S/C13H20N2O2/c1-3-15(4-2)11-7-5-6-10(8-11)9-12(14)13(16)17/h5-8,12H,3-4,9,14H2,1-2H3,(H,16,17)/t12-/m1/s1. The van der Waals surface area contributed by atoms with E-state index in [9.17, 15) is 4.79 Å². The molecular formula is C13H20N2O2. The van der Waals surface area contributed by atoms with Crippen LogP contribution in [0.1, 0.15) is 19.4 Å². The van der Waals surface area contributed by atoms with Crippen LogP contribution in [0.15, 0.2) is 24.3 Å². The van der Waals surface area contributed by atoms with Crippen LogP contribution < -0.4 is 10.6 Å². The number of carbonyl (C=O) groups is 1. The highest BCUT2D eigenvalue weighted by atomic mass is 16.4. The Morgan fingerprint density at radius 1 is 1.41 bits per heavy atom. The summed E-state index contributed by atoms with van der Waals surface area (Å²) in [6.45, 7) is 6.06. The summed E-state index contributed by atoms with van der Waals surface area (Å²) in [5.74, 6) is -0.960. The fourth-order valence-electron chi connectivity index (χ4n) is 1.81. The highest BCUT2D eigenvalue weighted by molar-refractivity contribution is 5.73. The van der Waals surface area contributed by atoms with Crippen LogP contribution in [0.3, 0.4) is 0 Å². The average molecular weight is 236 g/mol. The van der Waals surface area contributed by atoms with E-state index in [2.05, 4.69) is 18.7 Å². The number of rotatable bonds is 6. The van der Waals surface area contributed by atoms with Gasteiger partial charge in [-0.05, 0) is 38.0 Å². The number of carboxylic acid groups (broad SMARTS) is 1. The van der Waals surface area contributed by atoms with Crippen molar-refractivity contribution >= 4 is 11.7 Å². The van der Waals surface area contributed by atoms with Crippen LogP contribution in [-0.4, -0.2) is 30.2 Å². The second-order valence-electron chi connectivity index (χ2n) is 3.99. The molecule has 0 aliphatic carbocycles. The lowest BCUT2D eigenvalue weighted by molar-refractivity contribution is -0.138. The van der Waals surface area contributed by atoms with Gasteiger partial charge in [-0.25, -0.2) is 0 Å². The van der Waals surface area contributed by atoms with Crippen molar-refractivity contribution in [2.45, 2.75) is 26.3 Å². The molecule has 0 aliphatic heterocycles. The molecule has 0 heterocycles. The Balaban J connectivity index is 2.82. The Kier molecular flexibility index (Phi) is 4.97. The van der Waals surface area contributed by atoms with E-state index in [0.717, 1.165) is 24.3 Å². The zero-order chi connectivity index (χ0) is 12.8. The number of carboxylic acids is 1. The number of benzene rings is 1. The molecule has 0 unspecified atom stereocenters. The number of hydrogen-bond donors (Lipinski definition) is 2. The van der Waals surface area contributed by atoms with Gasteiger partial charge in [-0.2, -0.15) is 0 Å². The summed E-state index contributed by atoms with van der Waals surface area (Å²) in [5.41, 5.74) is 7.60. The molecule has 0 saturated carbocycles. The molecule has 17 heavy (non-hydrogen) atoms. The molecule has 1 atom stereocenters. The Labute approximate surface area is 102 Å². The SMILES string of the molecule is CCN(CC)c1cccc(C[C@@H](N)C(=O)O)c1. The number of aliphatic carboxylic acids is 1. The van der Waals surface area contributed by atoms with Gasteiger partial charge in [0.25, 0.3) is 0 Å². The number of nitrogens with zero attached hydrogens (tertiary/aromatic N) is 1. The highest BCUT2D eigenvalue weighted by Crippen LogP contribution is 2.16. The fraction of sp³-hybridized carbons (Fsp3) is 0.462. The van der Waals surface area contributed by atoms with E-state index in [-0.39, 0.29) is 0 Å². The highest BCUT2D eigenvalue weighted by Gasteiger charge is 2.12. The molecule has 0 amide bonds. The molecule has 3 N–H and O–H groups in total. The Bertz CT molecular complexity index is 375. The minimum Gasteiger partial charge on any atom is -0.480 e. The van der Waals surface area contributed by atoms with E-state index in [1.54, 1.807) is 0 Å². The molecule has 1 rings (SSSR count). The van der Waals surface area contributed by atoms with Crippen molar-refractivity contribution in [1.29, 1.82) is 0 Å². The average Bonchev–Trinajstić information content (AvgIpc) is 2.31. The van der Waals surface area contributed by atoms with Gasteiger partial charge in [0.15, 0.2) is 0 Å². The molecule has 4 heteroatoms. The maximum atomic E-state index is 10.7. The zero-order valence-electron chi connectivity index (χ0n) is 10.4. The monoisotopic (exact) mass is 236 g/mol. The first-order valence-corrected chi connectivity index (χ1v) is 5.90. The van der Waals surface area contributed by atoms with Crippen molar-refractivity contribution in [1.82, 2.24) is 0 Å². The first-order chi connectivity index (χ1) is 8.08. The van der Waals surface area contributed by atoms with Crippen LogP contribution >= 0.6 is 0 Å². The summed E-state index contributed by atoms with van der Waals surface area (Å²) >= 11 is 0. The van der Waals surface area contributed by atoms with Gasteiger partial charge < -0.3 is 15.7 Å². The predicted octanol–water partition coefficient (Wildman–Crippen LogP) is 1.49. The molecule has 4 nitrogen and oxygen atoms in total. The van der Waals surface area contributed by atoms with Crippen molar-refractivity contribution < 1.29 is 9.90 Å². The van der Waals surface area contributed by atoms with Crippen molar-refractivity contribution in [2.24, 2.45) is 5.73 Å². The third-order valence-electron chi connectivity index (χ3n) is 2.81. The van der Waals surface area contributed by atoms with Crippen LogP contribution in [0.25, 0.3) is 0 Å². The molecule has 0 aliphatic rings. The molecule has 94 valence electrons. The van der Waals surface area contributed by atoms with Gasteiger partial charge in [0.2, 0.25) is 0 Å². The largest absolute Gasteiger partial charge is 0.480 e. The van der Waals surface area contributed by atoms with E-state index in [4.69, 9.17) is 10.8 Å². The van der Waals surface area contributed by atoms with E-state index < -0.39 is 12.0 Å². The van der Waals surface area contributed by atoms with Gasteiger partial charge in [-0.15, -0.1) is 0 Å². The fourth-order valence-corrected chi connectivity index (χ4v) is 1.81. The quantitative estimate of drug-likeness (QED) is 0.785. The van der Waals surface area contributed by atoms with E-state index in [1.165, 1.54) is 0 Å². The number of hydrogen-bond acceptors (Lipinski definition) is 3. The first-order valence-electron chi connectivity index (χ1n) is 5.90. The van der Waals surface area contributed by atoms with Crippen molar-refractivity contribution in [3.63, 3.8) is 0 Å². The van der Waals surface area contributed by atoms with Gasteiger partial charge in [0.05, 0.1) is 0 Å². The van der Waals surface area contributed by atoms with Gasteiger partial charge in [-0.1, -0.05) is 12.1 Å². The molecule has 0 radical (unpaired) electrons. The first kappa shape index (κ1) is 13.5. The molecule has 0 fully saturated rings. The molecule has 1 aromatic rings. The van der Waals surface area contributed by atoms with Crippen LogP contribution in [0.2, 0.25) is 0 Å². The lowest BCUT2D eigenvalue weighted by Crippen LogP contribution is -2.32. The topological polar surface area (TPSA) is 66.6 Å². The van der Waals surface area contributed by atoms with Crippen LogP contribution in [0, 0.1) is 0 Å². The predicted molar refractivity (Wildman–Crippen MR) is 69.3 cm³/mol. The van der Waals surface area contributed by atoms with Crippen LogP contribution in [-0.2, 0) is 11.2 Å². The number of nitrogens with two attached hydrogens (primary N) is 1. The minimum atomic E-state index is -0.960. The normalized spacial score (nSPS) is 12.2. The molecule has 1 aromatic carbocycles. The second-order valence-corrected chi connectivity index (χ2v) is 3.99. The van der Waals surface area contributed by atoms with Crippen LogP contribution in [0.4, 0.5) is 5.69 Å². The van der Waals surface area contributed by atoms with Gasteiger partial charge >= 0.3 is 5.97 Å². The Hall–Kier alpha value is -1.55. The smallest absolute Gasteiger partial charge is 0.320 e. The summed E-state index contributed by atoms with van der Waals surface area (Å²) in [6.07, 6.45) is 0.366. The summed E-state index contributed by atoms with van der Waals surface area (Å²) in [7, 11) is 0. The van der Waals surface area contributed by atoms with Gasteiger partial charge in [0.1, 0.15) is 6.04 Å². The van der Waals surface area contributed by atoms with E-state index in [1.807, 2.05) is 24.3 Å². The molecular weight excluding hydrogens is 216 g/mol. The molecule has 0 spiro atoms. The number of anilines is 1. The third-order valence-corrected chi connectivity index (χ3v) is 2.81. The molecule has 0 saturated heterocycles. The lowest BCUT2D eigenvalue weighted by Gasteiger charge is -2.21. The van der Waals surface area contributed by atoms with E-state index >= 15 is 0 Å².